The molecule has 12 heavy (non-hydrogen) atoms. The minimum atomic E-state index is 0.719. The van der Waals surface area contributed by atoms with Gasteiger partial charge < -0.3 is 5.32 Å². The van der Waals surface area contributed by atoms with Gasteiger partial charge in [0.2, 0.25) is 0 Å². The Morgan fingerprint density at radius 3 is 3.00 bits per heavy atom. The molecule has 0 bridgehead atoms. The Kier molecular flexibility index (Phi) is 1.59. The molecule has 60 valence electrons. The fraction of sp³-hybridized carbons (Fsp3) is 0.125. The van der Waals surface area contributed by atoms with Crippen LogP contribution < -0.4 is 5.32 Å². The Balaban J connectivity index is 2.79. The molecule has 0 aliphatic heterocycles. The number of hydrogen-bond acceptors (Lipinski definition) is 4. The van der Waals surface area contributed by atoms with Crippen LogP contribution in [0.3, 0.4) is 0 Å². The third kappa shape index (κ3) is 0.972. The summed E-state index contributed by atoms with van der Waals surface area (Å²) in [4.78, 5) is 12.2. The van der Waals surface area contributed by atoms with Gasteiger partial charge in [-0.3, -0.25) is 0 Å². The van der Waals surface area contributed by atoms with Gasteiger partial charge in [-0.1, -0.05) is 0 Å². The fourth-order valence-electron chi connectivity index (χ4n) is 1.09. The zero-order valence-electron chi connectivity index (χ0n) is 6.65. The second-order valence-corrected chi connectivity index (χ2v) is 2.35. The van der Waals surface area contributed by atoms with Gasteiger partial charge in [-0.2, -0.15) is 0 Å². The van der Waals surface area contributed by atoms with Gasteiger partial charge in [-0.25, -0.2) is 15.0 Å². The first kappa shape index (κ1) is 6.97. The third-order valence-electron chi connectivity index (χ3n) is 1.65. The molecule has 4 heteroatoms. The molecule has 2 aromatic rings. The molecule has 0 atom stereocenters. The first-order chi connectivity index (χ1) is 5.92. The maximum atomic E-state index is 4.10. The number of anilines is 1. The van der Waals surface area contributed by atoms with Crippen molar-refractivity contribution in [2.45, 2.75) is 0 Å². The van der Waals surface area contributed by atoms with Crippen molar-refractivity contribution >= 4 is 16.9 Å². The summed E-state index contributed by atoms with van der Waals surface area (Å²) in [6.07, 6.45) is 3.22. The summed E-state index contributed by atoms with van der Waals surface area (Å²) >= 11 is 0. The van der Waals surface area contributed by atoms with E-state index >= 15 is 0 Å². The summed E-state index contributed by atoms with van der Waals surface area (Å²) in [6, 6.07) is 3.81. The van der Waals surface area contributed by atoms with Crippen LogP contribution in [0.15, 0.2) is 24.7 Å². The Labute approximate surface area is 69.7 Å². The van der Waals surface area contributed by atoms with Gasteiger partial charge in [-0.15, -0.1) is 0 Å². The van der Waals surface area contributed by atoms with Crippen LogP contribution in [-0.2, 0) is 0 Å². The molecule has 2 rings (SSSR count). The topological polar surface area (TPSA) is 50.7 Å². The van der Waals surface area contributed by atoms with Crippen LogP contribution in [-0.4, -0.2) is 22.0 Å². The number of hydrogen-bond donors (Lipinski definition) is 1. The molecule has 0 aliphatic carbocycles. The van der Waals surface area contributed by atoms with Gasteiger partial charge in [0.15, 0.2) is 5.65 Å². The molecular formula is C8H8N4. The maximum absolute atomic E-state index is 4.10. The van der Waals surface area contributed by atoms with Crippen molar-refractivity contribution in [3.63, 3.8) is 0 Å². The number of nitrogens with zero attached hydrogens (tertiary/aromatic N) is 3. The smallest absolute Gasteiger partial charge is 0.164 e. The van der Waals surface area contributed by atoms with E-state index in [2.05, 4.69) is 20.3 Å². The minimum absolute atomic E-state index is 0.719. The number of fused-ring (bicyclic) bond motifs is 1. The highest BCUT2D eigenvalue weighted by molar-refractivity contribution is 5.85. The third-order valence-corrected chi connectivity index (χ3v) is 1.65. The van der Waals surface area contributed by atoms with Crippen molar-refractivity contribution < 1.29 is 0 Å². The summed E-state index contributed by atoms with van der Waals surface area (Å²) < 4.78 is 0. The number of aromatic nitrogens is 3. The van der Waals surface area contributed by atoms with E-state index in [0.29, 0.717) is 0 Å². The van der Waals surface area contributed by atoms with Crippen molar-refractivity contribution in [2.75, 3.05) is 12.4 Å². The molecule has 4 nitrogen and oxygen atoms in total. The second-order valence-electron chi connectivity index (χ2n) is 2.35. The first-order valence-electron chi connectivity index (χ1n) is 3.65. The Bertz CT molecular complexity index is 394. The van der Waals surface area contributed by atoms with Crippen molar-refractivity contribution in [1.82, 2.24) is 15.0 Å². The van der Waals surface area contributed by atoms with Crippen LogP contribution in [0, 0.1) is 0 Å². The zero-order chi connectivity index (χ0) is 8.39. The first-order valence-corrected chi connectivity index (χ1v) is 3.65. The molecule has 0 aromatic carbocycles. The highest BCUT2D eigenvalue weighted by atomic mass is 15.0. The van der Waals surface area contributed by atoms with E-state index in [1.165, 1.54) is 6.33 Å². The van der Waals surface area contributed by atoms with Gasteiger partial charge in [-0.05, 0) is 12.1 Å². The van der Waals surface area contributed by atoms with E-state index < -0.39 is 0 Å². The molecule has 0 amide bonds. The van der Waals surface area contributed by atoms with E-state index in [9.17, 15) is 0 Å². The van der Waals surface area contributed by atoms with Crippen molar-refractivity contribution in [1.29, 1.82) is 0 Å². The summed E-state index contributed by atoms with van der Waals surface area (Å²) in [5, 5.41) is 3.93. The standard InChI is InChI=1S/C8H8N4/c1-9-7-6-3-2-4-10-8(6)12-5-11-7/h2-5H,1H3,(H,9,10,11,12). The molecule has 0 unspecified atom stereocenters. The van der Waals surface area contributed by atoms with Gasteiger partial charge in [0.25, 0.3) is 0 Å². The van der Waals surface area contributed by atoms with Gasteiger partial charge >= 0.3 is 0 Å². The van der Waals surface area contributed by atoms with Crippen molar-refractivity contribution in [2.24, 2.45) is 0 Å². The molecule has 0 saturated heterocycles. The van der Waals surface area contributed by atoms with Crippen LogP contribution in [0.4, 0.5) is 5.82 Å². The quantitative estimate of drug-likeness (QED) is 0.677. The lowest BCUT2D eigenvalue weighted by Gasteiger charge is -2.01. The normalized spacial score (nSPS) is 10.1. The van der Waals surface area contributed by atoms with Crippen molar-refractivity contribution in [3.05, 3.63) is 24.7 Å². The summed E-state index contributed by atoms with van der Waals surface area (Å²) in [5.74, 6) is 0.813. The van der Waals surface area contributed by atoms with E-state index in [4.69, 9.17) is 0 Å². The molecule has 0 spiro atoms. The lowest BCUT2D eigenvalue weighted by atomic mass is 10.3. The maximum Gasteiger partial charge on any atom is 0.164 e. The Morgan fingerprint density at radius 2 is 2.17 bits per heavy atom. The molecule has 1 N–H and O–H groups in total. The lowest BCUT2D eigenvalue weighted by Crippen LogP contribution is -1.95. The molecule has 2 aromatic heterocycles. The second kappa shape index (κ2) is 2.73. The van der Waals surface area contributed by atoms with Crippen LogP contribution in [0.1, 0.15) is 0 Å². The summed E-state index contributed by atoms with van der Waals surface area (Å²) in [7, 11) is 1.83. The van der Waals surface area contributed by atoms with Crippen LogP contribution in [0.2, 0.25) is 0 Å². The van der Waals surface area contributed by atoms with Crippen LogP contribution in [0.5, 0.6) is 0 Å². The Hall–Kier alpha value is -1.71. The Morgan fingerprint density at radius 1 is 1.25 bits per heavy atom. The van der Waals surface area contributed by atoms with E-state index in [1.807, 2.05) is 19.2 Å². The molecule has 2 heterocycles. The van der Waals surface area contributed by atoms with Crippen LogP contribution in [0.25, 0.3) is 11.0 Å². The average Bonchev–Trinajstić information content (AvgIpc) is 2.17. The molecule has 0 aliphatic rings. The predicted octanol–water partition coefficient (Wildman–Crippen LogP) is 1.07. The zero-order valence-corrected chi connectivity index (χ0v) is 6.65. The van der Waals surface area contributed by atoms with E-state index in [-0.39, 0.29) is 0 Å². The van der Waals surface area contributed by atoms with Gasteiger partial charge in [0.1, 0.15) is 12.1 Å². The predicted molar refractivity (Wildman–Crippen MR) is 46.9 cm³/mol. The fourth-order valence-corrected chi connectivity index (χ4v) is 1.09. The minimum Gasteiger partial charge on any atom is -0.372 e. The molecular weight excluding hydrogens is 152 g/mol. The molecule has 0 saturated carbocycles. The van der Waals surface area contributed by atoms with Crippen LogP contribution >= 0.6 is 0 Å². The van der Waals surface area contributed by atoms with E-state index in [1.54, 1.807) is 6.20 Å². The van der Waals surface area contributed by atoms with Gasteiger partial charge in [0.05, 0.1) is 5.39 Å². The highest BCUT2D eigenvalue weighted by Crippen LogP contribution is 2.14. The van der Waals surface area contributed by atoms with Gasteiger partial charge in [0, 0.05) is 13.2 Å². The largest absolute Gasteiger partial charge is 0.372 e. The number of nitrogens with one attached hydrogen (secondary N) is 1. The lowest BCUT2D eigenvalue weighted by molar-refractivity contribution is 1.17. The molecule has 0 fully saturated rings. The number of rotatable bonds is 1. The molecule has 0 radical (unpaired) electrons. The number of pyridine rings is 1. The SMILES string of the molecule is CNc1ncnc2ncccc12. The van der Waals surface area contributed by atoms with Crippen molar-refractivity contribution in [3.8, 4) is 0 Å². The average molecular weight is 160 g/mol. The highest BCUT2D eigenvalue weighted by Gasteiger charge is 1.99. The van der Waals surface area contributed by atoms with E-state index in [0.717, 1.165) is 16.9 Å². The monoisotopic (exact) mass is 160 g/mol. The summed E-state index contributed by atoms with van der Waals surface area (Å²) in [6.45, 7) is 0. The summed E-state index contributed by atoms with van der Waals surface area (Å²) in [5.41, 5.74) is 0.719.